The van der Waals surface area contributed by atoms with Crippen LogP contribution in [0.15, 0.2) is 12.7 Å². The molecular weight excluding hydrogens is 486 g/mol. The number of alkyl carbamates (subject to hydrolysis) is 1. The molecule has 0 bridgehead atoms. The van der Waals surface area contributed by atoms with Crippen LogP contribution in [0.25, 0.3) is 11.2 Å². The molecule has 5 N–H and O–H groups in total. The summed E-state index contributed by atoms with van der Waals surface area (Å²) in [5.41, 5.74) is 6.26. The van der Waals surface area contributed by atoms with Gasteiger partial charge in [-0.3, -0.25) is 9.36 Å². The van der Waals surface area contributed by atoms with E-state index in [-0.39, 0.29) is 24.7 Å². The Kier molecular flexibility index (Phi) is 9.36. The van der Waals surface area contributed by atoms with Crippen molar-refractivity contribution < 1.29 is 24.2 Å². The molecule has 1 aliphatic rings. The second-order valence-electron chi connectivity index (χ2n) is 9.33. The van der Waals surface area contributed by atoms with Crippen molar-refractivity contribution in [2.45, 2.75) is 75.7 Å². The van der Waals surface area contributed by atoms with Gasteiger partial charge in [-0.05, 0) is 33.6 Å². The number of nitrogens with zero attached hydrogens (tertiary/aromatic N) is 4. The summed E-state index contributed by atoms with van der Waals surface area (Å²) in [6.07, 6.45) is 2.30. The minimum atomic E-state index is -0.800. The minimum Gasteiger partial charge on any atom is -0.444 e. The number of thiol groups is 1. The standard InChI is InChI=1S/C23H33N7O5S/c1-23(2,3)35-22(33)26-11-7-9-15(31)25-10-6-4-5-8-14-17(32)18(36)21(34-14)30-13-29-16-19(24)27-12-28-20(16)30/h12-14,17-18,21,32,36H,5,7-11H2,1-3H3,(H,25,31)(H,26,33)(H2,24,27,28)/t14-,17-,18-,21-/m1/s1. The smallest absolute Gasteiger partial charge is 0.407 e. The molecule has 0 radical (unpaired) electrons. The molecule has 1 aliphatic heterocycles. The van der Waals surface area contributed by atoms with Gasteiger partial charge in [-0.1, -0.05) is 5.92 Å². The van der Waals surface area contributed by atoms with E-state index in [1.165, 1.54) is 6.33 Å². The third kappa shape index (κ3) is 7.46. The fourth-order valence-electron chi connectivity index (χ4n) is 3.60. The predicted octanol–water partition coefficient (Wildman–Crippen LogP) is 1.17. The number of amides is 2. The fraction of sp³-hybridized carbons (Fsp3) is 0.609. The van der Waals surface area contributed by atoms with Crippen molar-refractivity contribution in [2.24, 2.45) is 0 Å². The predicted molar refractivity (Wildman–Crippen MR) is 136 cm³/mol. The first-order valence-electron chi connectivity index (χ1n) is 11.7. The molecule has 2 aromatic rings. The van der Waals surface area contributed by atoms with Crippen molar-refractivity contribution in [1.82, 2.24) is 30.2 Å². The zero-order chi connectivity index (χ0) is 26.3. The summed E-state index contributed by atoms with van der Waals surface area (Å²) >= 11 is 4.53. The van der Waals surface area contributed by atoms with Gasteiger partial charge in [-0.2, -0.15) is 12.6 Å². The highest BCUT2D eigenvalue weighted by Gasteiger charge is 2.42. The molecule has 36 heavy (non-hydrogen) atoms. The van der Waals surface area contributed by atoms with Gasteiger partial charge >= 0.3 is 6.09 Å². The molecule has 1 fully saturated rings. The van der Waals surface area contributed by atoms with Crippen molar-refractivity contribution in [3.63, 3.8) is 0 Å². The van der Waals surface area contributed by atoms with Crippen LogP contribution in [0.2, 0.25) is 0 Å². The number of imidazole rings is 1. The molecule has 0 spiro atoms. The van der Waals surface area contributed by atoms with E-state index in [0.717, 1.165) is 0 Å². The number of aliphatic hydroxyl groups is 1. The van der Waals surface area contributed by atoms with Crippen LogP contribution < -0.4 is 16.4 Å². The average molecular weight is 520 g/mol. The molecule has 2 aromatic heterocycles. The van der Waals surface area contributed by atoms with Gasteiger partial charge in [-0.15, -0.1) is 5.92 Å². The Labute approximate surface area is 215 Å². The molecule has 0 aliphatic carbocycles. The largest absolute Gasteiger partial charge is 0.444 e. The van der Waals surface area contributed by atoms with Crippen molar-refractivity contribution in [3.05, 3.63) is 12.7 Å². The first-order valence-corrected chi connectivity index (χ1v) is 12.2. The summed E-state index contributed by atoms with van der Waals surface area (Å²) in [6.45, 7) is 5.92. The van der Waals surface area contributed by atoms with E-state index in [1.54, 1.807) is 31.7 Å². The molecule has 0 unspecified atom stereocenters. The minimum absolute atomic E-state index is 0.150. The maximum Gasteiger partial charge on any atom is 0.407 e. The van der Waals surface area contributed by atoms with Crippen LogP contribution in [0.3, 0.4) is 0 Å². The highest BCUT2D eigenvalue weighted by Crippen LogP contribution is 2.36. The molecule has 196 valence electrons. The highest BCUT2D eigenvalue weighted by molar-refractivity contribution is 7.81. The number of ether oxygens (including phenoxy) is 2. The number of nitrogens with one attached hydrogen (secondary N) is 2. The van der Waals surface area contributed by atoms with E-state index in [2.05, 4.69) is 50.1 Å². The van der Waals surface area contributed by atoms with Crippen molar-refractivity contribution in [3.8, 4) is 11.8 Å². The van der Waals surface area contributed by atoms with Crippen LogP contribution in [0.5, 0.6) is 0 Å². The fourth-order valence-corrected chi connectivity index (χ4v) is 4.01. The molecule has 3 heterocycles. The molecule has 13 heteroatoms. The summed E-state index contributed by atoms with van der Waals surface area (Å²) in [4.78, 5) is 35.8. The number of carbonyl (C=O) groups excluding carboxylic acids is 2. The third-order valence-corrected chi connectivity index (χ3v) is 5.86. The van der Waals surface area contributed by atoms with Gasteiger partial charge < -0.3 is 30.9 Å². The molecule has 4 atom stereocenters. The number of nitrogen functional groups attached to an aromatic ring is 1. The maximum absolute atomic E-state index is 11.9. The molecule has 3 rings (SSSR count). The zero-order valence-corrected chi connectivity index (χ0v) is 21.5. The van der Waals surface area contributed by atoms with Gasteiger partial charge in [-0.25, -0.2) is 19.7 Å². The number of nitrogens with two attached hydrogens (primary N) is 1. The van der Waals surface area contributed by atoms with E-state index >= 15 is 0 Å². The molecule has 0 aromatic carbocycles. The van der Waals surface area contributed by atoms with Gasteiger partial charge in [0.25, 0.3) is 0 Å². The molecule has 1 saturated heterocycles. The SMILES string of the molecule is CC(C)(C)OC(=O)NCCCC(=O)NCC#CCC[C@H]1O[C@@H](n2cnc3c(N)ncnc32)[C@H](S)[C@@H]1O. The molecule has 2 amide bonds. The van der Waals surface area contributed by atoms with Crippen molar-refractivity contribution in [2.75, 3.05) is 18.8 Å². The highest BCUT2D eigenvalue weighted by atomic mass is 32.1. The average Bonchev–Trinajstić information content (AvgIpc) is 3.35. The monoisotopic (exact) mass is 519 g/mol. The van der Waals surface area contributed by atoms with Gasteiger partial charge in [0.05, 0.1) is 30.3 Å². The molecule has 0 saturated carbocycles. The first kappa shape index (κ1) is 27.5. The lowest BCUT2D eigenvalue weighted by Crippen LogP contribution is -2.33. The molecule has 12 nitrogen and oxygen atoms in total. The lowest BCUT2D eigenvalue weighted by Gasteiger charge is -2.19. The van der Waals surface area contributed by atoms with E-state index in [4.69, 9.17) is 15.2 Å². The summed E-state index contributed by atoms with van der Waals surface area (Å²) in [7, 11) is 0. The van der Waals surface area contributed by atoms with Crippen molar-refractivity contribution >= 4 is 41.6 Å². The number of anilines is 1. The Balaban J connectivity index is 1.35. The Bertz CT molecular complexity index is 1120. The van der Waals surface area contributed by atoms with Crippen LogP contribution >= 0.6 is 12.6 Å². The van der Waals surface area contributed by atoms with Crippen LogP contribution in [0.1, 0.15) is 52.7 Å². The first-order chi connectivity index (χ1) is 17.1. The Hall–Kier alpha value is -3.08. The van der Waals surface area contributed by atoms with Gasteiger partial charge in [0.15, 0.2) is 17.7 Å². The number of fused-ring (bicyclic) bond motifs is 1. The second kappa shape index (κ2) is 12.2. The number of carbonyl (C=O) groups is 2. The summed E-state index contributed by atoms with van der Waals surface area (Å²) in [5.74, 6) is 6.00. The second-order valence-corrected chi connectivity index (χ2v) is 9.93. The summed E-state index contributed by atoms with van der Waals surface area (Å²) in [6, 6.07) is 0. The van der Waals surface area contributed by atoms with Crippen LogP contribution in [-0.4, -0.2) is 72.8 Å². The zero-order valence-electron chi connectivity index (χ0n) is 20.6. The Morgan fingerprint density at radius 1 is 1.28 bits per heavy atom. The number of aliphatic hydroxyl groups excluding tert-OH is 1. The quantitative estimate of drug-likeness (QED) is 0.195. The number of hydrogen-bond donors (Lipinski definition) is 5. The number of aromatic nitrogens is 4. The lowest BCUT2D eigenvalue weighted by molar-refractivity contribution is -0.120. The van der Waals surface area contributed by atoms with E-state index in [1.807, 2.05) is 0 Å². The van der Waals surface area contributed by atoms with Crippen LogP contribution in [0, 0.1) is 11.8 Å². The van der Waals surface area contributed by atoms with E-state index in [9.17, 15) is 14.7 Å². The topological polar surface area (TPSA) is 167 Å². The van der Waals surface area contributed by atoms with Crippen molar-refractivity contribution in [1.29, 1.82) is 0 Å². The third-order valence-electron chi connectivity index (χ3n) is 5.30. The molecular formula is C23H33N7O5S. The Morgan fingerprint density at radius 3 is 2.81 bits per heavy atom. The summed E-state index contributed by atoms with van der Waals surface area (Å²) in [5, 5.41) is 15.4. The normalized spacial score (nSPS) is 21.6. The van der Waals surface area contributed by atoms with E-state index < -0.39 is 35.4 Å². The lowest BCUT2D eigenvalue weighted by atomic mass is 10.1. The van der Waals surface area contributed by atoms with Gasteiger partial charge in [0, 0.05) is 19.4 Å². The van der Waals surface area contributed by atoms with Gasteiger partial charge in [0.2, 0.25) is 5.91 Å². The van der Waals surface area contributed by atoms with E-state index in [0.29, 0.717) is 37.0 Å². The maximum atomic E-state index is 11.9. The van der Waals surface area contributed by atoms with Crippen LogP contribution in [-0.2, 0) is 14.3 Å². The number of rotatable bonds is 8. The Morgan fingerprint density at radius 2 is 2.06 bits per heavy atom. The van der Waals surface area contributed by atoms with Crippen LogP contribution in [0.4, 0.5) is 10.6 Å². The number of hydrogen-bond acceptors (Lipinski definition) is 10. The van der Waals surface area contributed by atoms with Gasteiger partial charge in [0.1, 0.15) is 17.4 Å². The summed E-state index contributed by atoms with van der Waals surface area (Å²) < 4.78 is 12.9.